The van der Waals surface area contributed by atoms with Crippen molar-refractivity contribution in [2.24, 2.45) is 10.2 Å². The van der Waals surface area contributed by atoms with Gasteiger partial charge < -0.3 is 4.57 Å². The molecule has 4 nitrogen and oxygen atoms in total. The molecule has 29 heavy (non-hydrogen) atoms. The molecule has 0 radical (unpaired) electrons. The minimum atomic E-state index is -0.0478. The first kappa shape index (κ1) is 18.8. The molecule has 0 unspecified atom stereocenters. The van der Waals surface area contributed by atoms with Gasteiger partial charge in [0.2, 0.25) is 5.78 Å². The van der Waals surface area contributed by atoms with Crippen LogP contribution in [0.25, 0.3) is 10.9 Å². The molecule has 0 spiro atoms. The molecule has 0 aliphatic rings. The predicted molar refractivity (Wildman–Crippen MR) is 118 cm³/mol. The Labute approximate surface area is 170 Å². The van der Waals surface area contributed by atoms with Crippen LogP contribution in [0.2, 0.25) is 0 Å². The summed E-state index contributed by atoms with van der Waals surface area (Å²) in [5.74, 6) is -0.0478. The first-order chi connectivity index (χ1) is 14.1. The lowest BCUT2D eigenvalue weighted by molar-refractivity contribution is 0.103. The number of carbonyl (C=O) groups is 1. The van der Waals surface area contributed by atoms with E-state index in [2.05, 4.69) is 28.6 Å². The molecule has 0 amide bonds. The zero-order chi connectivity index (χ0) is 20.4. The minimum absolute atomic E-state index is 0.0478. The van der Waals surface area contributed by atoms with Crippen LogP contribution in [-0.2, 0) is 0 Å². The van der Waals surface area contributed by atoms with E-state index in [1.54, 1.807) is 0 Å². The normalized spacial score (nSPS) is 11.6. The van der Waals surface area contributed by atoms with E-state index in [1.807, 2.05) is 85.8 Å². The molecule has 4 aromatic rings. The Bertz CT molecular complexity index is 1190. The maximum absolute atomic E-state index is 13.5. The van der Waals surface area contributed by atoms with Gasteiger partial charge in [0.25, 0.3) is 0 Å². The smallest absolute Gasteiger partial charge is 0.211 e. The number of fused-ring (bicyclic) bond motifs is 1. The van der Waals surface area contributed by atoms with Crippen LogP contribution in [-0.4, -0.2) is 10.4 Å². The third-order valence-corrected chi connectivity index (χ3v) is 4.95. The average molecular weight is 381 g/mol. The number of rotatable bonds is 5. The van der Waals surface area contributed by atoms with Gasteiger partial charge in [0.1, 0.15) is 11.4 Å². The second-order valence-corrected chi connectivity index (χ2v) is 7.41. The van der Waals surface area contributed by atoms with Crippen LogP contribution in [0, 0.1) is 6.92 Å². The molecule has 0 saturated carbocycles. The molecule has 1 aromatic heterocycles. The lowest BCUT2D eigenvalue weighted by atomic mass is 10.1. The highest BCUT2D eigenvalue weighted by atomic mass is 16.1. The number of ketones is 1. The SMILES string of the molecule is Cc1ccc(N=Nc2c(C(=O)c3ccccc3)n(C(C)C)c3ccccc23)cc1. The molecule has 1 heterocycles. The van der Waals surface area contributed by atoms with Crippen molar-refractivity contribution in [1.29, 1.82) is 0 Å². The number of benzene rings is 3. The van der Waals surface area contributed by atoms with Crippen LogP contribution < -0.4 is 0 Å². The Balaban J connectivity index is 1.94. The zero-order valence-corrected chi connectivity index (χ0v) is 16.8. The quantitative estimate of drug-likeness (QED) is 0.267. The van der Waals surface area contributed by atoms with Crippen LogP contribution in [0.4, 0.5) is 11.4 Å². The van der Waals surface area contributed by atoms with E-state index in [0.717, 1.165) is 16.6 Å². The lowest BCUT2D eigenvalue weighted by Gasteiger charge is -2.14. The summed E-state index contributed by atoms with van der Waals surface area (Å²) in [6.45, 7) is 6.19. The fraction of sp³-hybridized carbons (Fsp3) is 0.160. The molecule has 4 rings (SSSR count). The third-order valence-electron chi connectivity index (χ3n) is 4.95. The van der Waals surface area contributed by atoms with E-state index in [-0.39, 0.29) is 11.8 Å². The molecule has 4 heteroatoms. The zero-order valence-electron chi connectivity index (χ0n) is 16.8. The highest BCUT2D eigenvalue weighted by Gasteiger charge is 2.25. The van der Waals surface area contributed by atoms with E-state index in [1.165, 1.54) is 5.56 Å². The van der Waals surface area contributed by atoms with Crippen LogP contribution in [0.1, 0.15) is 41.5 Å². The second-order valence-electron chi connectivity index (χ2n) is 7.41. The van der Waals surface area contributed by atoms with Crippen molar-refractivity contribution < 1.29 is 4.79 Å². The Morgan fingerprint density at radius 1 is 0.828 bits per heavy atom. The number of hydrogen-bond donors (Lipinski definition) is 0. The number of aryl methyl sites for hydroxylation is 1. The highest BCUT2D eigenvalue weighted by molar-refractivity contribution is 6.16. The largest absolute Gasteiger partial charge is 0.333 e. The van der Waals surface area contributed by atoms with Gasteiger partial charge in [-0.3, -0.25) is 4.79 Å². The van der Waals surface area contributed by atoms with Gasteiger partial charge in [-0.1, -0.05) is 66.2 Å². The second kappa shape index (κ2) is 7.84. The number of azo groups is 1. The molecule has 0 fully saturated rings. The summed E-state index contributed by atoms with van der Waals surface area (Å²) in [5.41, 5.74) is 4.74. The van der Waals surface area contributed by atoms with Gasteiger partial charge in [0.15, 0.2) is 0 Å². The summed E-state index contributed by atoms with van der Waals surface area (Å²) in [5, 5.41) is 9.93. The van der Waals surface area contributed by atoms with Crippen molar-refractivity contribution in [1.82, 2.24) is 4.57 Å². The number of para-hydroxylation sites is 1. The Kier molecular flexibility index (Phi) is 5.09. The lowest BCUT2D eigenvalue weighted by Crippen LogP contribution is -2.12. The van der Waals surface area contributed by atoms with Gasteiger partial charge >= 0.3 is 0 Å². The fourth-order valence-electron chi connectivity index (χ4n) is 3.55. The molecule has 0 N–H and O–H groups in total. The molecule has 144 valence electrons. The molecule has 0 saturated heterocycles. The molecule has 0 aliphatic heterocycles. The first-order valence-corrected chi connectivity index (χ1v) is 9.77. The summed E-state index contributed by atoms with van der Waals surface area (Å²) in [7, 11) is 0. The summed E-state index contributed by atoms with van der Waals surface area (Å²) >= 11 is 0. The summed E-state index contributed by atoms with van der Waals surface area (Å²) in [6, 6.07) is 25.3. The molecule has 3 aromatic carbocycles. The minimum Gasteiger partial charge on any atom is -0.333 e. The van der Waals surface area contributed by atoms with Crippen LogP contribution in [0.5, 0.6) is 0 Å². The van der Waals surface area contributed by atoms with Crippen LogP contribution in [0.15, 0.2) is 89.1 Å². The monoisotopic (exact) mass is 381 g/mol. The van der Waals surface area contributed by atoms with E-state index in [9.17, 15) is 4.79 Å². The van der Waals surface area contributed by atoms with Crippen molar-refractivity contribution >= 4 is 28.1 Å². The third kappa shape index (κ3) is 3.61. The molecule has 0 atom stereocenters. The number of hydrogen-bond acceptors (Lipinski definition) is 3. The fourth-order valence-corrected chi connectivity index (χ4v) is 3.55. The number of carbonyl (C=O) groups excluding carboxylic acids is 1. The van der Waals surface area contributed by atoms with Crippen molar-refractivity contribution in [3.05, 3.63) is 95.7 Å². The van der Waals surface area contributed by atoms with Crippen LogP contribution >= 0.6 is 0 Å². The van der Waals surface area contributed by atoms with Gasteiger partial charge in [-0.15, -0.1) is 5.11 Å². The van der Waals surface area contributed by atoms with E-state index in [4.69, 9.17) is 0 Å². The van der Waals surface area contributed by atoms with E-state index < -0.39 is 0 Å². The molecule has 0 aliphatic carbocycles. The average Bonchev–Trinajstić information content (AvgIpc) is 3.08. The Morgan fingerprint density at radius 3 is 2.17 bits per heavy atom. The number of aromatic nitrogens is 1. The Hall–Kier alpha value is -3.53. The van der Waals surface area contributed by atoms with Gasteiger partial charge in [-0.2, -0.15) is 5.11 Å². The Morgan fingerprint density at radius 2 is 1.48 bits per heavy atom. The van der Waals surface area contributed by atoms with E-state index >= 15 is 0 Å². The maximum atomic E-state index is 13.5. The summed E-state index contributed by atoms with van der Waals surface area (Å²) < 4.78 is 2.06. The van der Waals surface area contributed by atoms with Crippen molar-refractivity contribution in [3.63, 3.8) is 0 Å². The molecule has 0 bridgehead atoms. The molecular formula is C25H23N3O. The van der Waals surface area contributed by atoms with Crippen molar-refractivity contribution in [2.75, 3.05) is 0 Å². The maximum Gasteiger partial charge on any atom is 0.211 e. The van der Waals surface area contributed by atoms with Gasteiger partial charge in [0, 0.05) is 17.0 Å². The molecular weight excluding hydrogens is 358 g/mol. The van der Waals surface area contributed by atoms with Crippen molar-refractivity contribution in [3.8, 4) is 0 Å². The predicted octanol–water partition coefficient (Wildman–Crippen LogP) is 7.18. The summed E-state index contributed by atoms with van der Waals surface area (Å²) in [6.07, 6.45) is 0. The topological polar surface area (TPSA) is 46.7 Å². The standard InChI is InChI=1S/C25H23N3O/c1-17(2)28-22-12-8-7-11-21(22)23(27-26-20-15-13-18(3)14-16-20)24(28)25(29)19-9-5-4-6-10-19/h4-17H,1-3H3. The van der Waals surface area contributed by atoms with Crippen molar-refractivity contribution in [2.45, 2.75) is 26.8 Å². The van der Waals surface area contributed by atoms with Gasteiger partial charge in [-0.05, 0) is 39.0 Å². The van der Waals surface area contributed by atoms with Gasteiger partial charge in [0.05, 0.1) is 11.2 Å². The first-order valence-electron chi connectivity index (χ1n) is 9.77. The summed E-state index contributed by atoms with van der Waals surface area (Å²) in [4.78, 5) is 13.5. The van der Waals surface area contributed by atoms with Crippen LogP contribution in [0.3, 0.4) is 0 Å². The highest BCUT2D eigenvalue weighted by Crippen LogP contribution is 2.38. The van der Waals surface area contributed by atoms with Gasteiger partial charge in [-0.25, -0.2) is 0 Å². The van der Waals surface area contributed by atoms with E-state index in [0.29, 0.717) is 16.9 Å². The number of nitrogens with zero attached hydrogens (tertiary/aromatic N) is 3.